The summed E-state index contributed by atoms with van der Waals surface area (Å²) >= 11 is 0. The second-order valence-corrected chi connectivity index (χ2v) is 5.78. The highest BCUT2D eigenvalue weighted by atomic mass is 16.5. The van der Waals surface area contributed by atoms with E-state index in [1.165, 1.54) is 42.6 Å². The van der Waals surface area contributed by atoms with Gasteiger partial charge < -0.3 is 10.1 Å². The van der Waals surface area contributed by atoms with Crippen LogP contribution in [0.5, 0.6) is 0 Å². The molecule has 1 atom stereocenters. The van der Waals surface area contributed by atoms with Crippen molar-refractivity contribution in [1.29, 1.82) is 0 Å². The number of ether oxygens (including phenoxy) is 1. The molecule has 0 fully saturated rings. The van der Waals surface area contributed by atoms with Crippen molar-refractivity contribution in [2.75, 3.05) is 13.2 Å². The summed E-state index contributed by atoms with van der Waals surface area (Å²) in [6.07, 6.45) is 9.48. The molecule has 0 radical (unpaired) electrons. The Morgan fingerprint density at radius 3 is 2.74 bits per heavy atom. The summed E-state index contributed by atoms with van der Waals surface area (Å²) in [4.78, 5) is 0. The largest absolute Gasteiger partial charge is 0.497 e. The normalized spacial score (nSPS) is 25.8. The van der Waals surface area contributed by atoms with Gasteiger partial charge in [-0.25, -0.2) is 0 Å². The van der Waals surface area contributed by atoms with Gasteiger partial charge in [0.2, 0.25) is 0 Å². The molecule has 0 aliphatic heterocycles. The molecule has 0 aromatic heterocycles. The lowest BCUT2D eigenvalue weighted by Gasteiger charge is -2.15. The summed E-state index contributed by atoms with van der Waals surface area (Å²) in [7, 11) is 0. The van der Waals surface area contributed by atoms with Gasteiger partial charge >= 0.3 is 0 Å². The highest BCUT2D eigenvalue weighted by molar-refractivity contribution is 5.14. The van der Waals surface area contributed by atoms with Crippen LogP contribution in [0.1, 0.15) is 66.2 Å². The first-order valence-corrected chi connectivity index (χ1v) is 7.84. The van der Waals surface area contributed by atoms with E-state index in [-0.39, 0.29) is 0 Å². The molecule has 19 heavy (non-hydrogen) atoms. The Hall–Kier alpha value is -0.760. The average molecular weight is 265 g/mol. The Balaban J connectivity index is 2.40. The highest BCUT2D eigenvalue weighted by Gasteiger charge is 2.07. The summed E-state index contributed by atoms with van der Waals surface area (Å²) in [6.45, 7) is 10.6. The van der Waals surface area contributed by atoms with Crippen LogP contribution in [0, 0.1) is 0 Å². The summed E-state index contributed by atoms with van der Waals surface area (Å²) < 4.78 is 6.00. The molecule has 2 heteroatoms. The van der Waals surface area contributed by atoms with Gasteiger partial charge in [0.15, 0.2) is 0 Å². The van der Waals surface area contributed by atoms with Crippen LogP contribution in [0.3, 0.4) is 0 Å². The summed E-state index contributed by atoms with van der Waals surface area (Å²) in [5.74, 6) is 1.23. The maximum absolute atomic E-state index is 6.00. The quantitative estimate of drug-likeness (QED) is 0.561. The standard InChI is InChI=1S/C17H31NO/c1-5-16(4)18-12-13-19-17-9-7-6-8-14(2)10-11-15(17)3/h10,16,18H,5-9,11-13H2,1-4H3/b14-10+,17-15+. The third kappa shape index (κ3) is 6.81. The van der Waals surface area contributed by atoms with Gasteiger partial charge in [-0.15, -0.1) is 0 Å². The summed E-state index contributed by atoms with van der Waals surface area (Å²) in [5.41, 5.74) is 2.93. The molecular weight excluding hydrogens is 234 g/mol. The molecule has 0 aromatic rings. The zero-order valence-corrected chi connectivity index (χ0v) is 13.2. The molecule has 2 nitrogen and oxygen atoms in total. The lowest BCUT2D eigenvalue weighted by Crippen LogP contribution is -2.28. The van der Waals surface area contributed by atoms with Gasteiger partial charge in [-0.1, -0.05) is 18.6 Å². The Morgan fingerprint density at radius 1 is 1.26 bits per heavy atom. The molecule has 1 N–H and O–H groups in total. The summed E-state index contributed by atoms with van der Waals surface area (Å²) in [6, 6.07) is 0.588. The van der Waals surface area contributed by atoms with Crippen LogP contribution in [0.15, 0.2) is 23.0 Å². The number of nitrogens with one attached hydrogen (secondary N) is 1. The number of rotatable bonds is 6. The van der Waals surface area contributed by atoms with E-state index in [1.54, 1.807) is 0 Å². The monoisotopic (exact) mass is 265 g/mol. The van der Waals surface area contributed by atoms with Crippen molar-refractivity contribution in [1.82, 2.24) is 5.32 Å². The Morgan fingerprint density at radius 2 is 2.00 bits per heavy atom. The van der Waals surface area contributed by atoms with E-state index in [2.05, 4.69) is 39.1 Å². The van der Waals surface area contributed by atoms with Crippen molar-refractivity contribution < 1.29 is 4.74 Å². The number of hydrogen-bond acceptors (Lipinski definition) is 2. The molecule has 1 aliphatic carbocycles. The minimum atomic E-state index is 0.588. The Bertz CT molecular complexity index is 317. The smallest absolute Gasteiger partial charge is 0.100 e. The van der Waals surface area contributed by atoms with Crippen molar-refractivity contribution in [3.05, 3.63) is 23.0 Å². The van der Waals surface area contributed by atoms with Crippen LogP contribution in [-0.2, 0) is 4.74 Å². The predicted octanol–water partition coefficient (Wildman–Crippen LogP) is 4.58. The van der Waals surface area contributed by atoms with E-state index < -0.39 is 0 Å². The van der Waals surface area contributed by atoms with Crippen LogP contribution in [-0.4, -0.2) is 19.2 Å². The molecule has 0 heterocycles. The molecule has 0 saturated heterocycles. The second kappa shape index (κ2) is 9.19. The van der Waals surface area contributed by atoms with Gasteiger partial charge in [0.25, 0.3) is 0 Å². The van der Waals surface area contributed by atoms with Crippen LogP contribution in [0.25, 0.3) is 0 Å². The highest BCUT2D eigenvalue weighted by Crippen LogP contribution is 2.22. The fourth-order valence-corrected chi connectivity index (χ4v) is 2.27. The predicted molar refractivity (Wildman–Crippen MR) is 83.2 cm³/mol. The molecule has 0 bridgehead atoms. The fourth-order valence-electron chi connectivity index (χ4n) is 2.27. The Labute approximate surface area is 119 Å². The van der Waals surface area contributed by atoms with Gasteiger partial charge in [-0.3, -0.25) is 0 Å². The van der Waals surface area contributed by atoms with Crippen molar-refractivity contribution in [2.45, 2.75) is 72.3 Å². The zero-order valence-electron chi connectivity index (χ0n) is 13.2. The fraction of sp³-hybridized carbons (Fsp3) is 0.765. The van der Waals surface area contributed by atoms with Gasteiger partial charge in [-0.05, 0) is 58.4 Å². The van der Waals surface area contributed by atoms with E-state index in [4.69, 9.17) is 4.74 Å². The first-order valence-electron chi connectivity index (χ1n) is 7.84. The van der Waals surface area contributed by atoms with Crippen LogP contribution < -0.4 is 5.32 Å². The van der Waals surface area contributed by atoms with Crippen molar-refractivity contribution >= 4 is 0 Å². The molecule has 110 valence electrons. The molecule has 0 spiro atoms. The second-order valence-electron chi connectivity index (χ2n) is 5.78. The first kappa shape index (κ1) is 16.3. The number of allylic oxidation sites excluding steroid dienone is 4. The molecule has 0 aromatic carbocycles. The topological polar surface area (TPSA) is 21.3 Å². The van der Waals surface area contributed by atoms with Crippen LogP contribution >= 0.6 is 0 Å². The molecule has 1 unspecified atom stereocenters. The molecule has 0 amide bonds. The van der Waals surface area contributed by atoms with Gasteiger partial charge in [0.05, 0.1) is 5.76 Å². The minimum absolute atomic E-state index is 0.588. The van der Waals surface area contributed by atoms with Gasteiger partial charge in [0, 0.05) is 19.0 Å². The zero-order chi connectivity index (χ0) is 14.1. The van der Waals surface area contributed by atoms with Gasteiger partial charge in [0.1, 0.15) is 6.61 Å². The van der Waals surface area contributed by atoms with Crippen LogP contribution in [0.2, 0.25) is 0 Å². The lowest BCUT2D eigenvalue weighted by molar-refractivity contribution is 0.194. The maximum Gasteiger partial charge on any atom is 0.100 e. The van der Waals surface area contributed by atoms with Crippen molar-refractivity contribution in [3.8, 4) is 0 Å². The van der Waals surface area contributed by atoms with Crippen molar-refractivity contribution in [2.24, 2.45) is 0 Å². The van der Waals surface area contributed by atoms with Gasteiger partial charge in [-0.2, -0.15) is 0 Å². The van der Waals surface area contributed by atoms with E-state index >= 15 is 0 Å². The molecule has 0 saturated carbocycles. The lowest BCUT2D eigenvalue weighted by atomic mass is 10.1. The number of hydrogen-bond donors (Lipinski definition) is 1. The van der Waals surface area contributed by atoms with E-state index in [1.807, 2.05) is 0 Å². The van der Waals surface area contributed by atoms with Crippen LogP contribution in [0.4, 0.5) is 0 Å². The third-order valence-corrected chi connectivity index (χ3v) is 3.94. The molecule has 1 rings (SSSR count). The van der Waals surface area contributed by atoms with Crippen molar-refractivity contribution in [3.63, 3.8) is 0 Å². The maximum atomic E-state index is 6.00. The first-order chi connectivity index (χ1) is 9.13. The minimum Gasteiger partial charge on any atom is -0.497 e. The molecular formula is C17H31NO. The molecule has 1 aliphatic rings. The third-order valence-electron chi connectivity index (χ3n) is 3.94. The SMILES string of the molecule is CCC(C)NCCO/C1=C(\C)C/C=C(\C)CCCC1. The van der Waals surface area contributed by atoms with E-state index in [9.17, 15) is 0 Å². The van der Waals surface area contributed by atoms with E-state index in [0.717, 1.165) is 26.0 Å². The summed E-state index contributed by atoms with van der Waals surface area (Å²) in [5, 5.41) is 3.47. The van der Waals surface area contributed by atoms with E-state index in [0.29, 0.717) is 6.04 Å². The Kier molecular flexibility index (Phi) is 7.88. The average Bonchev–Trinajstić information content (AvgIpc) is 2.48.